The summed E-state index contributed by atoms with van der Waals surface area (Å²) in [5, 5.41) is 0. The van der Waals surface area contributed by atoms with Gasteiger partial charge in [0, 0.05) is 22.8 Å². The van der Waals surface area contributed by atoms with Gasteiger partial charge < -0.3 is 0 Å². The van der Waals surface area contributed by atoms with Crippen LogP contribution in [-0.2, 0) is 0 Å². The second kappa shape index (κ2) is 4.38. The average molecular weight is 313 g/mol. The van der Waals surface area contributed by atoms with Crippen LogP contribution in [0.25, 0.3) is 0 Å². The van der Waals surface area contributed by atoms with E-state index in [4.69, 9.17) is 0 Å². The Morgan fingerprint density at radius 2 is 0.765 bits per heavy atom. The number of hydrogen-bond donors (Lipinski definition) is 0. The molecule has 104 valence electrons. The van der Waals surface area contributed by atoms with Gasteiger partial charge in [0.15, 0.2) is 0 Å². The molecule has 0 aliphatic carbocycles. The third kappa shape index (κ3) is 2.69. The molecule has 0 saturated carbocycles. The van der Waals surface area contributed by atoms with Crippen LogP contribution in [-0.4, -0.2) is 34.9 Å². The van der Waals surface area contributed by atoms with Crippen molar-refractivity contribution in [1.29, 1.82) is 0 Å². The number of alkyl halides is 2. The lowest BCUT2D eigenvalue weighted by Gasteiger charge is -2.59. The van der Waals surface area contributed by atoms with E-state index in [1.165, 1.54) is 6.92 Å². The summed E-state index contributed by atoms with van der Waals surface area (Å²) in [7, 11) is -5.49. The monoisotopic (exact) mass is 312 g/mol. The molecule has 0 N–H and O–H groups in total. The molecule has 0 nitrogen and oxygen atoms in total. The molecule has 0 spiro atoms. The van der Waals surface area contributed by atoms with Gasteiger partial charge in [-0.05, 0) is 6.92 Å². The van der Waals surface area contributed by atoms with Crippen LogP contribution in [0.2, 0.25) is 58.9 Å². The fourth-order valence-corrected chi connectivity index (χ4v) is 109. The summed E-state index contributed by atoms with van der Waals surface area (Å²) in [5.41, 5.74) is -2.41. The molecule has 0 unspecified atom stereocenters. The van der Waals surface area contributed by atoms with Crippen molar-refractivity contribution >= 4 is 29.4 Å². The maximum Gasteiger partial charge on any atom is 0.220 e. The lowest BCUT2D eigenvalue weighted by atomic mass is 10.8. The summed E-state index contributed by atoms with van der Waals surface area (Å²) in [5.74, 6) is 0. The van der Waals surface area contributed by atoms with Crippen molar-refractivity contribution in [3.8, 4) is 0 Å². The molecule has 0 fully saturated rings. The van der Waals surface area contributed by atoms with E-state index >= 15 is 0 Å². The Morgan fingerprint density at radius 3 is 0.765 bits per heavy atom. The van der Waals surface area contributed by atoms with Crippen LogP contribution in [0.4, 0.5) is 8.78 Å². The smallest absolute Gasteiger partial charge is 0.213 e. The van der Waals surface area contributed by atoms with Gasteiger partial charge in [-0.15, -0.1) is 0 Å². The molecule has 0 bridgehead atoms. The average Bonchev–Trinajstić information content (AvgIpc) is 1.67. The van der Waals surface area contributed by atoms with Gasteiger partial charge in [-0.1, -0.05) is 58.9 Å². The van der Waals surface area contributed by atoms with E-state index in [9.17, 15) is 8.78 Å². The molecule has 0 saturated heterocycles. The maximum absolute atomic E-state index is 14.7. The summed E-state index contributed by atoms with van der Waals surface area (Å²) in [6, 6.07) is 0. The van der Waals surface area contributed by atoms with E-state index in [1.807, 2.05) is 0 Å². The molecule has 0 radical (unpaired) electrons. The SMILES string of the molecule is CC(F)(F)[Si]([Si](C)(C)C)([Si](C)(C)C)[Si](C)(C)C. The molecule has 0 aromatic carbocycles. The van der Waals surface area contributed by atoms with E-state index in [2.05, 4.69) is 58.9 Å². The van der Waals surface area contributed by atoms with E-state index in [0.29, 0.717) is 0 Å². The van der Waals surface area contributed by atoms with Crippen molar-refractivity contribution in [3.05, 3.63) is 0 Å². The Kier molecular flexibility index (Phi) is 4.57. The first-order valence-electron chi connectivity index (χ1n) is 6.38. The quantitative estimate of drug-likeness (QED) is 0.649. The lowest BCUT2D eigenvalue weighted by molar-refractivity contribution is 0.111. The highest BCUT2D eigenvalue weighted by Crippen LogP contribution is 2.46. The first-order chi connectivity index (χ1) is 7.00. The Bertz CT molecular complexity index is 214. The summed E-state index contributed by atoms with van der Waals surface area (Å²) >= 11 is 0. The highest BCUT2D eigenvalue weighted by atomic mass is 29.9. The summed E-state index contributed by atoms with van der Waals surface area (Å²) < 4.78 is 29.4. The van der Waals surface area contributed by atoms with Gasteiger partial charge >= 0.3 is 0 Å². The molecule has 17 heavy (non-hydrogen) atoms. The van der Waals surface area contributed by atoms with Crippen molar-refractivity contribution in [1.82, 2.24) is 0 Å². The molecule has 0 atom stereocenters. The van der Waals surface area contributed by atoms with Crippen molar-refractivity contribution in [2.24, 2.45) is 0 Å². The van der Waals surface area contributed by atoms with Crippen LogP contribution < -0.4 is 0 Å². The number of hydrogen-bond acceptors (Lipinski definition) is 0. The normalized spacial score (nSPS) is 16.2. The van der Waals surface area contributed by atoms with E-state index < -0.39 is 34.9 Å². The standard InChI is InChI=1S/C11H30F2Si4/c1-11(12,13)17(14(2,3)4,15(5,6)7)16(8,9)10/h1-10H3. The molecule has 0 aliphatic rings. The topological polar surface area (TPSA) is 0 Å². The van der Waals surface area contributed by atoms with Crippen LogP contribution in [0.15, 0.2) is 0 Å². The fraction of sp³-hybridized carbons (Fsp3) is 1.00. The van der Waals surface area contributed by atoms with E-state index in [-0.39, 0.29) is 0 Å². The zero-order valence-corrected chi connectivity index (χ0v) is 17.3. The zero-order chi connectivity index (χ0) is 14.5. The van der Waals surface area contributed by atoms with Crippen molar-refractivity contribution in [2.45, 2.75) is 71.4 Å². The third-order valence-electron chi connectivity index (χ3n) is 4.03. The minimum atomic E-state index is -2.52. The Morgan fingerprint density at radius 1 is 0.588 bits per heavy atom. The summed E-state index contributed by atoms with van der Waals surface area (Å²) in [6.45, 7) is 18.5. The predicted molar refractivity (Wildman–Crippen MR) is 86.4 cm³/mol. The molecule has 0 aromatic heterocycles. The molecule has 0 heterocycles. The second-order valence-electron chi connectivity index (χ2n) is 8.39. The van der Waals surface area contributed by atoms with Crippen LogP contribution >= 0.6 is 0 Å². The minimum absolute atomic E-state index is 1.24. The largest absolute Gasteiger partial charge is 0.220 e. The van der Waals surface area contributed by atoms with Crippen molar-refractivity contribution < 1.29 is 8.78 Å². The molecule has 0 rings (SSSR count). The van der Waals surface area contributed by atoms with Gasteiger partial charge in [-0.3, -0.25) is 0 Å². The first-order valence-corrected chi connectivity index (χ1v) is 21.9. The Labute approximate surface area is 110 Å². The van der Waals surface area contributed by atoms with Gasteiger partial charge in [0.1, 0.15) is 6.63 Å². The van der Waals surface area contributed by atoms with Gasteiger partial charge in [-0.25, -0.2) is 8.78 Å². The zero-order valence-electron chi connectivity index (χ0n) is 13.3. The van der Waals surface area contributed by atoms with Gasteiger partial charge in [0.05, 0.1) is 0 Å². The van der Waals surface area contributed by atoms with Gasteiger partial charge in [-0.2, -0.15) is 0 Å². The molecular weight excluding hydrogens is 282 g/mol. The highest BCUT2D eigenvalue weighted by molar-refractivity contribution is 7.90. The predicted octanol–water partition coefficient (Wildman–Crippen LogP) is 4.88. The third-order valence-corrected chi connectivity index (χ3v) is 76.8. The highest BCUT2D eigenvalue weighted by Gasteiger charge is 2.72. The van der Waals surface area contributed by atoms with Crippen LogP contribution in [0.1, 0.15) is 6.92 Å². The minimum Gasteiger partial charge on any atom is -0.213 e. The number of rotatable bonds is 4. The number of halogens is 2. The molecule has 6 heteroatoms. The second-order valence-corrected chi connectivity index (χ2v) is 49.0. The van der Waals surface area contributed by atoms with E-state index in [0.717, 1.165) is 0 Å². The fourth-order valence-electron chi connectivity index (χ4n) is 5.35. The van der Waals surface area contributed by atoms with Gasteiger partial charge in [0.2, 0.25) is 5.55 Å². The molecule has 0 aliphatic heterocycles. The lowest BCUT2D eigenvalue weighted by Crippen LogP contribution is -2.89. The van der Waals surface area contributed by atoms with Crippen LogP contribution in [0, 0.1) is 0 Å². The Balaban J connectivity index is 6.37. The van der Waals surface area contributed by atoms with Crippen LogP contribution in [0.5, 0.6) is 0 Å². The van der Waals surface area contributed by atoms with Gasteiger partial charge in [0.25, 0.3) is 0 Å². The summed E-state index contributed by atoms with van der Waals surface area (Å²) in [6.07, 6.45) is 0. The molecule has 0 amide bonds. The Hall–Kier alpha value is 0.728. The van der Waals surface area contributed by atoms with E-state index in [1.54, 1.807) is 0 Å². The molecule has 0 aromatic rings. The van der Waals surface area contributed by atoms with Crippen molar-refractivity contribution in [3.63, 3.8) is 0 Å². The first kappa shape index (κ1) is 17.7. The summed E-state index contributed by atoms with van der Waals surface area (Å²) in [4.78, 5) is 0. The van der Waals surface area contributed by atoms with Crippen molar-refractivity contribution in [2.75, 3.05) is 0 Å². The maximum atomic E-state index is 14.7. The van der Waals surface area contributed by atoms with Crippen LogP contribution in [0.3, 0.4) is 0 Å². The molecular formula is C11H30F2Si4.